The fourth-order valence-electron chi connectivity index (χ4n) is 1.57. The minimum atomic E-state index is 0.113. The van der Waals surface area contributed by atoms with Crippen molar-refractivity contribution < 1.29 is 0 Å². The van der Waals surface area contributed by atoms with Gasteiger partial charge in [0.1, 0.15) is 6.33 Å². The van der Waals surface area contributed by atoms with E-state index in [9.17, 15) is 0 Å². The molecule has 0 aliphatic heterocycles. The number of benzene rings is 1. The number of nitrogens with two attached hydrogens (primary N) is 1. The molecule has 0 fully saturated rings. The van der Waals surface area contributed by atoms with Crippen molar-refractivity contribution in [3.63, 3.8) is 0 Å². The van der Waals surface area contributed by atoms with Crippen molar-refractivity contribution in [1.82, 2.24) is 9.97 Å². The van der Waals surface area contributed by atoms with Crippen LogP contribution >= 0.6 is 15.9 Å². The molecule has 0 aliphatic rings. The van der Waals surface area contributed by atoms with E-state index in [1.165, 1.54) is 0 Å². The standard InChI is InChI=1S/C11H12BrN3/c1-7(13)5-10-8-3-2-4-9(12)11(8)15-6-14-10/h2-4,6-7H,5,13H2,1H3. The number of hydrogen-bond acceptors (Lipinski definition) is 3. The molecule has 2 N–H and O–H groups in total. The second-order valence-electron chi connectivity index (χ2n) is 3.64. The number of hydrogen-bond donors (Lipinski definition) is 1. The lowest BCUT2D eigenvalue weighted by molar-refractivity contribution is 0.725. The molecule has 4 heteroatoms. The SMILES string of the molecule is CC(N)Cc1ncnc2c(Br)cccc12. The molecule has 1 atom stereocenters. The van der Waals surface area contributed by atoms with E-state index in [4.69, 9.17) is 5.73 Å². The smallest absolute Gasteiger partial charge is 0.116 e. The van der Waals surface area contributed by atoms with E-state index >= 15 is 0 Å². The van der Waals surface area contributed by atoms with Crippen LogP contribution in [0.2, 0.25) is 0 Å². The van der Waals surface area contributed by atoms with Gasteiger partial charge in [-0.15, -0.1) is 0 Å². The molecule has 0 radical (unpaired) electrons. The number of nitrogens with zero attached hydrogens (tertiary/aromatic N) is 2. The predicted molar refractivity (Wildman–Crippen MR) is 64.6 cm³/mol. The van der Waals surface area contributed by atoms with Gasteiger partial charge in [-0.25, -0.2) is 9.97 Å². The Morgan fingerprint density at radius 3 is 2.93 bits per heavy atom. The van der Waals surface area contributed by atoms with E-state index in [1.54, 1.807) is 6.33 Å². The van der Waals surface area contributed by atoms with E-state index in [2.05, 4.69) is 25.9 Å². The molecule has 0 amide bonds. The first-order chi connectivity index (χ1) is 7.18. The highest BCUT2D eigenvalue weighted by Gasteiger charge is 2.07. The summed E-state index contributed by atoms with van der Waals surface area (Å²) in [5.74, 6) is 0. The summed E-state index contributed by atoms with van der Waals surface area (Å²) in [6.07, 6.45) is 2.36. The van der Waals surface area contributed by atoms with Gasteiger partial charge in [-0.1, -0.05) is 12.1 Å². The first-order valence-corrected chi connectivity index (χ1v) is 5.61. The van der Waals surface area contributed by atoms with Crippen molar-refractivity contribution in [2.75, 3.05) is 0 Å². The third-order valence-electron chi connectivity index (χ3n) is 2.21. The Bertz CT molecular complexity index is 482. The lowest BCUT2D eigenvalue weighted by Gasteiger charge is -2.07. The van der Waals surface area contributed by atoms with Gasteiger partial charge in [-0.3, -0.25) is 0 Å². The van der Waals surface area contributed by atoms with Crippen LogP contribution in [0.15, 0.2) is 29.0 Å². The molecule has 15 heavy (non-hydrogen) atoms. The lowest BCUT2D eigenvalue weighted by Crippen LogP contribution is -2.18. The number of rotatable bonds is 2. The fourth-order valence-corrected chi connectivity index (χ4v) is 2.04. The molecule has 1 aromatic carbocycles. The van der Waals surface area contributed by atoms with E-state index < -0.39 is 0 Å². The Morgan fingerprint density at radius 1 is 1.40 bits per heavy atom. The summed E-state index contributed by atoms with van der Waals surface area (Å²) in [5.41, 5.74) is 7.74. The summed E-state index contributed by atoms with van der Waals surface area (Å²) in [7, 11) is 0. The Labute approximate surface area is 96.9 Å². The maximum atomic E-state index is 5.78. The van der Waals surface area contributed by atoms with Crippen LogP contribution in [0.5, 0.6) is 0 Å². The third-order valence-corrected chi connectivity index (χ3v) is 2.85. The van der Waals surface area contributed by atoms with Gasteiger partial charge in [0, 0.05) is 22.3 Å². The van der Waals surface area contributed by atoms with Crippen LogP contribution in [0.3, 0.4) is 0 Å². The molecule has 1 unspecified atom stereocenters. The van der Waals surface area contributed by atoms with Crippen LogP contribution in [0, 0.1) is 0 Å². The zero-order valence-corrected chi connectivity index (χ0v) is 10.0. The summed E-state index contributed by atoms with van der Waals surface area (Å²) in [4.78, 5) is 8.53. The molecule has 0 bridgehead atoms. The molecular weight excluding hydrogens is 254 g/mol. The van der Waals surface area contributed by atoms with Crippen molar-refractivity contribution >= 4 is 26.8 Å². The summed E-state index contributed by atoms with van der Waals surface area (Å²) < 4.78 is 0.994. The number of halogens is 1. The van der Waals surface area contributed by atoms with Crippen LogP contribution in [-0.4, -0.2) is 16.0 Å². The van der Waals surface area contributed by atoms with Crippen molar-refractivity contribution in [3.8, 4) is 0 Å². The molecule has 0 saturated heterocycles. The summed E-state index contributed by atoms with van der Waals surface area (Å²) in [6.45, 7) is 1.98. The van der Waals surface area contributed by atoms with E-state index in [0.29, 0.717) is 0 Å². The van der Waals surface area contributed by atoms with E-state index in [1.807, 2.05) is 25.1 Å². The van der Waals surface area contributed by atoms with E-state index in [0.717, 1.165) is 27.5 Å². The molecule has 2 aromatic rings. The molecule has 2 rings (SSSR count). The molecular formula is C11H12BrN3. The molecule has 0 saturated carbocycles. The van der Waals surface area contributed by atoms with Crippen molar-refractivity contribution in [2.45, 2.75) is 19.4 Å². The lowest BCUT2D eigenvalue weighted by atomic mass is 10.1. The minimum absolute atomic E-state index is 0.113. The predicted octanol–water partition coefficient (Wildman–Crippen LogP) is 2.28. The first kappa shape index (κ1) is 10.5. The first-order valence-electron chi connectivity index (χ1n) is 4.82. The van der Waals surface area contributed by atoms with Crippen molar-refractivity contribution in [3.05, 3.63) is 34.7 Å². The quantitative estimate of drug-likeness (QED) is 0.907. The molecule has 1 heterocycles. The summed E-state index contributed by atoms with van der Waals surface area (Å²) in [6, 6.07) is 6.10. The van der Waals surface area contributed by atoms with E-state index in [-0.39, 0.29) is 6.04 Å². The second kappa shape index (κ2) is 4.24. The maximum absolute atomic E-state index is 5.78. The van der Waals surface area contributed by atoms with Crippen LogP contribution in [0.25, 0.3) is 10.9 Å². The second-order valence-corrected chi connectivity index (χ2v) is 4.49. The molecule has 78 valence electrons. The highest BCUT2D eigenvalue weighted by atomic mass is 79.9. The zero-order chi connectivity index (χ0) is 10.8. The van der Waals surface area contributed by atoms with Crippen LogP contribution in [0.1, 0.15) is 12.6 Å². The highest BCUT2D eigenvalue weighted by molar-refractivity contribution is 9.10. The molecule has 3 nitrogen and oxygen atoms in total. The number of fused-ring (bicyclic) bond motifs is 1. The summed E-state index contributed by atoms with van der Waals surface area (Å²) >= 11 is 3.48. The van der Waals surface area contributed by atoms with Gasteiger partial charge in [0.25, 0.3) is 0 Å². The van der Waals surface area contributed by atoms with Gasteiger partial charge in [0.05, 0.1) is 11.2 Å². The Balaban J connectivity index is 2.61. The van der Waals surface area contributed by atoms with Crippen molar-refractivity contribution in [1.29, 1.82) is 0 Å². The normalized spacial score (nSPS) is 13.0. The van der Waals surface area contributed by atoms with Gasteiger partial charge >= 0.3 is 0 Å². The molecule has 1 aromatic heterocycles. The summed E-state index contributed by atoms with van der Waals surface area (Å²) in [5, 5.41) is 1.07. The van der Waals surface area contributed by atoms with Gasteiger partial charge in [-0.2, -0.15) is 0 Å². The minimum Gasteiger partial charge on any atom is -0.328 e. The van der Waals surface area contributed by atoms with Crippen LogP contribution in [-0.2, 0) is 6.42 Å². The van der Waals surface area contributed by atoms with Gasteiger partial charge in [0.2, 0.25) is 0 Å². The maximum Gasteiger partial charge on any atom is 0.116 e. The van der Waals surface area contributed by atoms with Gasteiger partial charge in [0.15, 0.2) is 0 Å². The topological polar surface area (TPSA) is 51.8 Å². The largest absolute Gasteiger partial charge is 0.328 e. The molecule has 0 aliphatic carbocycles. The zero-order valence-electron chi connectivity index (χ0n) is 8.44. The van der Waals surface area contributed by atoms with Crippen molar-refractivity contribution in [2.24, 2.45) is 5.73 Å². The average molecular weight is 266 g/mol. The van der Waals surface area contributed by atoms with Gasteiger partial charge < -0.3 is 5.73 Å². The monoisotopic (exact) mass is 265 g/mol. The molecule has 0 spiro atoms. The number of aromatic nitrogens is 2. The Morgan fingerprint density at radius 2 is 2.20 bits per heavy atom. The Hall–Kier alpha value is -1.00. The number of para-hydroxylation sites is 1. The van der Waals surface area contributed by atoms with Crippen LogP contribution in [0.4, 0.5) is 0 Å². The third kappa shape index (κ3) is 2.16. The average Bonchev–Trinajstić information content (AvgIpc) is 2.19. The highest BCUT2D eigenvalue weighted by Crippen LogP contribution is 2.23. The Kier molecular flexibility index (Phi) is 2.98. The fraction of sp³-hybridized carbons (Fsp3) is 0.273. The van der Waals surface area contributed by atoms with Crippen LogP contribution < -0.4 is 5.73 Å². The van der Waals surface area contributed by atoms with Gasteiger partial charge in [-0.05, 0) is 28.9 Å².